The quantitative estimate of drug-likeness (QED) is 0.935. The summed E-state index contributed by atoms with van der Waals surface area (Å²) >= 11 is 0. The average Bonchev–Trinajstić information content (AvgIpc) is 2.51. The lowest BCUT2D eigenvalue weighted by molar-refractivity contribution is -0.104. The highest BCUT2D eigenvalue weighted by atomic mass is 19.3. The maximum absolute atomic E-state index is 13.9. The highest BCUT2D eigenvalue weighted by Gasteiger charge is 2.46. The number of benzene rings is 2. The van der Waals surface area contributed by atoms with Gasteiger partial charge in [0.2, 0.25) is 0 Å². The van der Waals surface area contributed by atoms with Crippen molar-refractivity contribution in [3.63, 3.8) is 0 Å². The standard InChI is InChI=1S/C16H13F2NO3/c17-16(18)10-21-15(20)19-14(16)11-5-4-8-13(9-11)22-12-6-2-1-3-7-12/h1-9,14H,10H2,(H,19,20)/t14-/m0/s1. The van der Waals surface area contributed by atoms with Gasteiger partial charge in [0.25, 0.3) is 0 Å². The first-order chi connectivity index (χ1) is 10.5. The summed E-state index contributed by atoms with van der Waals surface area (Å²) in [6, 6.07) is 13.8. The van der Waals surface area contributed by atoms with Gasteiger partial charge in [-0.05, 0) is 29.8 Å². The summed E-state index contributed by atoms with van der Waals surface area (Å²) in [6.07, 6.45) is -0.856. The molecule has 0 bridgehead atoms. The molecule has 1 fully saturated rings. The largest absolute Gasteiger partial charge is 0.457 e. The molecule has 4 nitrogen and oxygen atoms in total. The molecule has 0 spiro atoms. The first-order valence-electron chi connectivity index (χ1n) is 6.68. The number of carbonyl (C=O) groups excluding carboxylic acids is 1. The molecule has 2 aromatic carbocycles. The fourth-order valence-electron chi connectivity index (χ4n) is 2.22. The van der Waals surface area contributed by atoms with Crippen LogP contribution in [0.1, 0.15) is 11.6 Å². The predicted octanol–water partition coefficient (Wildman–Crippen LogP) is 3.90. The van der Waals surface area contributed by atoms with Gasteiger partial charge in [-0.2, -0.15) is 0 Å². The number of alkyl halides is 2. The number of ether oxygens (including phenoxy) is 2. The zero-order valence-electron chi connectivity index (χ0n) is 11.5. The molecule has 0 aromatic heterocycles. The Kier molecular flexibility index (Phi) is 3.66. The lowest BCUT2D eigenvalue weighted by atomic mass is 10.00. The number of carbonyl (C=O) groups is 1. The zero-order chi connectivity index (χ0) is 15.6. The summed E-state index contributed by atoms with van der Waals surface area (Å²) < 4.78 is 37.8. The van der Waals surface area contributed by atoms with E-state index in [0.29, 0.717) is 11.5 Å². The molecule has 0 unspecified atom stereocenters. The Morgan fingerprint density at radius 3 is 2.59 bits per heavy atom. The van der Waals surface area contributed by atoms with Crippen molar-refractivity contribution in [1.29, 1.82) is 0 Å². The number of hydrogen-bond acceptors (Lipinski definition) is 3. The number of nitrogens with one attached hydrogen (secondary N) is 1. The molecular weight excluding hydrogens is 292 g/mol. The van der Waals surface area contributed by atoms with E-state index < -0.39 is 24.7 Å². The van der Waals surface area contributed by atoms with E-state index in [4.69, 9.17) is 4.74 Å². The second-order valence-corrected chi connectivity index (χ2v) is 4.90. The Hall–Kier alpha value is -2.63. The van der Waals surface area contributed by atoms with Gasteiger partial charge in [-0.25, -0.2) is 13.6 Å². The molecule has 0 radical (unpaired) electrons. The summed E-state index contributed by atoms with van der Waals surface area (Å²) in [5, 5.41) is 2.15. The molecule has 1 atom stereocenters. The van der Waals surface area contributed by atoms with E-state index in [-0.39, 0.29) is 5.56 Å². The third-order valence-corrected chi connectivity index (χ3v) is 3.25. The van der Waals surface area contributed by atoms with Crippen LogP contribution in [0.5, 0.6) is 11.5 Å². The Morgan fingerprint density at radius 1 is 1.09 bits per heavy atom. The second kappa shape index (κ2) is 5.63. The van der Waals surface area contributed by atoms with Crippen molar-refractivity contribution in [2.75, 3.05) is 6.61 Å². The van der Waals surface area contributed by atoms with Crippen LogP contribution in [-0.2, 0) is 4.74 Å². The van der Waals surface area contributed by atoms with Crippen LogP contribution in [-0.4, -0.2) is 18.6 Å². The van der Waals surface area contributed by atoms with Crippen molar-refractivity contribution in [3.8, 4) is 11.5 Å². The molecule has 1 aliphatic heterocycles. The van der Waals surface area contributed by atoms with E-state index in [1.54, 1.807) is 24.3 Å². The lowest BCUT2D eigenvalue weighted by Gasteiger charge is -2.31. The molecule has 1 amide bonds. The number of halogens is 2. The maximum Gasteiger partial charge on any atom is 0.408 e. The van der Waals surface area contributed by atoms with Crippen LogP contribution in [0.2, 0.25) is 0 Å². The number of cyclic esters (lactones) is 1. The molecule has 0 saturated carbocycles. The topological polar surface area (TPSA) is 47.6 Å². The van der Waals surface area contributed by atoms with Gasteiger partial charge in [-0.1, -0.05) is 30.3 Å². The average molecular weight is 305 g/mol. The van der Waals surface area contributed by atoms with E-state index in [1.165, 1.54) is 12.1 Å². The van der Waals surface area contributed by atoms with Crippen molar-refractivity contribution in [3.05, 3.63) is 60.2 Å². The number of alkyl carbamates (subject to hydrolysis) is 1. The van der Waals surface area contributed by atoms with Crippen LogP contribution >= 0.6 is 0 Å². The smallest absolute Gasteiger partial charge is 0.408 e. The van der Waals surface area contributed by atoms with Crippen LogP contribution in [0, 0.1) is 0 Å². The van der Waals surface area contributed by atoms with Gasteiger partial charge in [0.1, 0.15) is 17.5 Å². The van der Waals surface area contributed by atoms with E-state index in [2.05, 4.69) is 10.1 Å². The van der Waals surface area contributed by atoms with Gasteiger partial charge in [-0.15, -0.1) is 0 Å². The number of para-hydroxylation sites is 1. The first-order valence-corrected chi connectivity index (χ1v) is 6.68. The molecule has 22 heavy (non-hydrogen) atoms. The molecule has 1 aliphatic rings. The fourth-order valence-corrected chi connectivity index (χ4v) is 2.22. The summed E-state index contributed by atoms with van der Waals surface area (Å²) in [5.41, 5.74) is 0.259. The van der Waals surface area contributed by atoms with Crippen molar-refractivity contribution < 1.29 is 23.0 Å². The van der Waals surface area contributed by atoms with Crippen LogP contribution in [0.4, 0.5) is 13.6 Å². The predicted molar refractivity (Wildman–Crippen MR) is 75.1 cm³/mol. The fraction of sp³-hybridized carbons (Fsp3) is 0.188. The molecule has 6 heteroatoms. The Bertz CT molecular complexity index is 676. The lowest BCUT2D eigenvalue weighted by Crippen LogP contribution is -2.49. The van der Waals surface area contributed by atoms with Gasteiger partial charge >= 0.3 is 12.0 Å². The monoisotopic (exact) mass is 305 g/mol. The Morgan fingerprint density at radius 2 is 1.82 bits per heavy atom. The van der Waals surface area contributed by atoms with Gasteiger partial charge < -0.3 is 14.8 Å². The normalized spacial score (nSPS) is 19.9. The molecular formula is C16H13F2NO3. The minimum Gasteiger partial charge on any atom is -0.457 e. The third kappa shape index (κ3) is 3.00. The molecule has 3 rings (SSSR count). The van der Waals surface area contributed by atoms with Gasteiger partial charge in [0.15, 0.2) is 6.61 Å². The summed E-state index contributed by atoms with van der Waals surface area (Å²) in [7, 11) is 0. The summed E-state index contributed by atoms with van der Waals surface area (Å²) in [6.45, 7) is -0.937. The number of hydrogen-bond donors (Lipinski definition) is 1. The molecule has 2 aromatic rings. The molecule has 0 aliphatic carbocycles. The van der Waals surface area contributed by atoms with Crippen LogP contribution in [0.3, 0.4) is 0 Å². The Balaban J connectivity index is 1.85. The zero-order valence-corrected chi connectivity index (χ0v) is 11.5. The SMILES string of the molecule is O=C1N[C@@H](c2cccc(Oc3ccccc3)c2)C(F)(F)CO1. The van der Waals surface area contributed by atoms with E-state index in [0.717, 1.165) is 0 Å². The van der Waals surface area contributed by atoms with Gasteiger partial charge in [0, 0.05) is 0 Å². The van der Waals surface area contributed by atoms with Crippen molar-refractivity contribution in [2.45, 2.75) is 12.0 Å². The van der Waals surface area contributed by atoms with Crippen molar-refractivity contribution in [1.82, 2.24) is 5.32 Å². The maximum atomic E-state index is 13.9. The summed E-state index contributed by atoms with van der Waals surface area (Å²) in [4.78, 5) is 11.2. The second-order valence-electron chi connectivity index (χ2n) is 4.90. The minimum atomic E-state index is -3.18. The van der Waals surface area contributed by atoms with E-state index in [1.807, 2.05) is 18.2 Å². The van der Waals surface area contributed by atoms with Crippen LogP contribution < -0.4 is 10.1 Å². The van der Waals surface area contributed by atoms with Gasteiger partial charge in [0.05, 0.1) is 0 Å². The number of rotatable bonds is 3. The van der Waals surface area contributed by atoms with Crippen molar-refractivity contribution in [2.24, 2.45) is 0 Å². The molecule has 114 valence electrons. The third-order valence-electron chi connectivity index (χ3n) is 3.25. The van der Waals surface area contributed by atoms with E-state index >= 15 is 0 Å². The van der Waals surface area contributed by atoms with Crippen LogP contribution in [0.15, 0.2) is 54.6 Å². The molecule has 1 saturated heterocycles. The highest BCUT2D eigenvalue weighted by molar-refractivity contribution is 5.69. The van der Waals surface area contributed by atoms with Crippen molar-refractivity contribution >= 4 is 6.09 Å². The van der Waals surface area contributed by atoms with Gasteiger partial charge in [-0.3, -0.25) is 0 Å². The van der Waals surface area contributed by atoms with Crippen LogP contribution in [0.25, 0.3) is 0 Å². The van der Waals surface area contributed by atoms with E-state index in [9.17, 15) is 13.6 Å². The minimum absolute atomic E-state index is 0.259. The molecule has 1 N–H and O–H groups in total. The summed E-state index contributed by atoms with van der Waals surface area (Å²) in [5.74, 6) is -2.16. The number of amides is 1. The Labute approximate surface area is 125 Å². The molecule has 1 heterocycles. The highest BCUT2D eigenvalue weighted by Crippen LogP contribution is 2.36. The first kappa shape index (κ1) is 14.3.